The number of nitrogens with zero attached hydrogens (tertiary/aromatic N) is 4. The van der Waals surface area contributed by atoms with Gasteiger partial charge in [0.2, 0.25) is 0 Å². The van der Waals surface area contributed by atoms with E-state index in [1.807, 2.05) is 19.2 Å². The monoisotopic (exact) mass is 498 g/mol. The Kier molecular flexibility index (Phi) is 8.21. The number of piperidine rings is 1. The number of hydrogen-bond donors (Lipinski definition) is 3. The van der Waals surface area contributed by atoms with Crippen molar-refractivity contribution in [3.63, 3.8) is 0 Å². The smallest absolute Gasteiger partial charge is 0.319 e. The van der Waals surface area contributed by atoms with Crippen molar-refractivity contribution >= 4 is 22.8 Å². The van der Waals surface area contributed by atoms with Crippen LogP contribution in [0.3, 0.4) is 0 Å². The maximum Gasteiger partial charge on any atom is 0.319 e. The average molecular weight is 499 g/mol. The summed E-state index contributed by atoms with van der Waals surface area (Å²) in [6.45, 7) is 5.18. The second-order valence-electron chi connectivity index (χ2n) is 9.05. The van der Waals surface area contributed by atoms with Gasteiger partial charge in [0.15, 0.2) is 0 Å². The number of anilines is 1. The van der Waals surface area contributed by atoms with Gasteiger partial charge >= 0.3 is 6.01 Å². The van der Waals surface area contributed by atoms with Crippen molar-refractivity contribution in [1.82, 2.24) is 25.3 Å². The molecular formula is C25H34N6O5. The lowest BCUT2D eigenvalue weighted by atomic mass is 9.89. The molecule has 11 nitrogen and oxygen atoms in total. The number of H-pyrrole nitrogens is 1. The van der Waals surface area contributed by atoms with Gasteiger partial charge in [-0.25, -0.2) is 4.98 Å². The highest BCUT2D eigenvalue weighted by Crippen LogP contribution is 2.37. The van der Waals surface area contributed by atoms with Crippen molar-refractivity contribution < 1.29 is 24.1 Å². The van der Waals surface area contributed by atoms with Crippen molar-refractivity contribution in [3.8, 4) is 11.8 Å². The number of ether oxygens (including phenoxy) is 3. The highest BCUT2D eigenvalue weighted by Gasteiger charge is 2.26. The maximum absolute atomic E-state index is 12.8. The summed E-state index contributed by atoms with van der Waals surface area (Å²) in [5.74, 6) is 1.39. The lowest BCUT2D eigenvalue weighted by Crippen LogP contribution is -2.36. The van der Waals surface area contributed by atoms with Crippen LogP contribution >= 0.6 is 0 Å². The average Bonchev–Trinajstić information content (AvgIpc) is 3.36. The van der Waals surface area contributed by atoms with E-state index in [1.165, 1.54) is 5.56 Å². The minimum atomic E-state index is -0.396. The minimum absolute atomic E-state index is 0.118. The first-order chi connectivity index (χ1) is 17.4. The number of methoxy groups -OCH3 is 2. The molecule has 2 atom stereocenters. The molecule has 194 valence electrons. The number of rotatable bonds is 10. The molecule has 0 bridgehead atoms. The Labute approximate surface area is 210 Å². The Balaban J connectivity index is 1.53. The molecule has 1 fully saturated rings. The molecule has 11 heteroatoms. The highest BCUT2D eigenvalue weighted by molar-refractivity contribution is 5.93. The predicted octanol–water partition coefficient (Wildman–Crippen LogP) is 2.27. The number of fused-ring (bicyclic) bond motifs is 1. The number of hydrogen-bond acceptors (Lipinski definition) is 9. The second-order valence-corrected chi connectivity index (χ2v) is 9.05. The molecule has 0 aromatic carbocycles. The van der Waals surface area contributed by atoms with Crippen LogP contribution in [-0.4, -0.2) is 83.6 Å². The van der Waals surface area contributed by atoms with Gasteiger partial charge in [0, 0.05) is 44.7 Å². The number of nitrogens with one attached hydrogen (secondary N) is 2. The summed E-state index contributed by atoms with van der Waals surface area (Å²) >= 11 is 0. The van der Waals surface area contributed by atoms with Crippen LogP contribution in [0.4, 0.5) is 5.82 Å². The van der Waals surface area contributed by atoms with Crippen LogP contribution in [0.5, 0.6) is 11.8 Å². The Bertz CT molecular complexity index is 1180. The van der Waals surface area contributed by atoms with Crippen LogP contribution in [0.15, 0.2) is 24.5 Å². The van der Waals surface area contributed by atoms with Gasteiger partial charge in [-0.2, -0.15) is 9.97 Å². The summed E-state index contributed by atoms with van der Waals surface area (Å²) in [5, 5.41) is 13.1. The van der Waals surface area contributed by atoms with Gasteiger partial charge in [0.25, 0.3) is 5.91 Å². The third-order valence-electron chi connectivity index (χ3n) is 6.47. The van der Waals surface area contributed by atoms with E-state index in [-0.39, 0.29) is 31.0 Å². The Morgan fingerprint density at radius 2 is 2.06 bits per heavy atom. The maximum atomic E-state index is 12.8. The Morgan fingerprint density at radius 3 is 2.75 bits per heavy atom. The second kappa shape index (κ2) is 11.5. The van der Waals surface area contributed by atoms with Crippen LogP contribution in [0, 0.1) is 0 Å². The fourth-order valence-electron chi connectivity index (χ4n) is 4.32. The number of aromatic amines is 1. The lowest BCUT2D eigenvalue weighted by Gasteiger charge is -2.33. The number of aromatic nitrogens is 4. The number of carbonyl (C=O) groups is 1. The highest BCUT2D eigenvalue weighted by atomic mass is 16.5. The van der Waals surface area contributed by atoms with Crippen LogP contribution < -0.4 is 19.7 Å². The van der Waals surface area contributed by atoms with Crippen molar-refractivity contribution in [1.29, 1.82) is 0 Å². The first kappa shape index (κ1) is 25.6. The van der Waals surface area contributed by atoms with E-state index in [9.17, 15) is 9.90 Å². The van der Waals surface area contributed by atoms with E-state index < -0.39 is 11.9 Å². The summed E-state index contributed by atoms with van der Waals surface area (Å²) in [4.78, 5) is 31.5. The number of aliphatic hydroxyl groups is 1. The summed E-state index contributed by atoms with van der Waals surface area (Å²) in [6.07, 6.45) is 5.41. The van der Waals surface area contributed by atoms with E-state index >= 15 is 0 Å². The molecule has 36 heavy (non-hydrogen) atoms. The van der Waals surface area contributed by atoms with Crippen molar-refractivity contribution in [2.24, 2.45) is 0 Å². The molecular weight excluding hydrogens is 464 g/mol. The summed E-state index contributed by atoms with van der Waals surface area (Å²) < 4.78 is 16.6. The quantitative estimate of drug-likeness (QED) is 0.385. The minimum Gasteiger partial charge on any atom is -0.496 e. The molecule has 0 unspecified atom stereocenters. The summed E-state index contributed by atoms with van der Waals surface area (Å²) in [6, 6.07) is 3.27. The number of aliphatic hydroxyl groups excluding tert-OH is 1. The molecule has 3 aromatic rings. The van der Waals surface area contributed by atoms with E-state index in [0.29, 0.717) is 11.7 Å². The van der Waals surface area contributed by atoms with Gasteiger partial charge in [-0.05, 0) is 44.2 Å². The largest absolute Gasteiger partial charge is 0.496 e. The molecule has 0 aliphatic carbocycles. The SMILES string of the molecule is COc1ccnc2[nH]cc(C3CCN(c4cc(C(=O)N[C@@H](C)CO)nc(OC[C@@H](C)OC)n4)CC3)c12. The Morgan fingerprint density at radius 1 is 1.28 bits per heavy atom. The van der Waals surface area contributed by atoms with E-state index in [1.54, 1.807) is 33.4 Å². The molecule has 0 saturated carbocycles. The summed E-state index contributed by atoms with van der Waals surface area (Å²) in [5.41, 5.74) is 2.21. The predicted molar refractivity (Wildman–Crippen MR) is 135 cm³/mol. The molecule has 4 heterocycles. The number of carbonyl (C=O) groups excluding carboxylic acids is 1. The van der Waals surface area contributed by atoms with Crippen LogP contribution in [-0.2, 0) is 4.74 Å². The van der Waals surface area contributed by atoms with Crippen LogP contribution in [0.1, 0.15) is 48.7 Å². The van der Waals surface area contributed by atoms with E-state index in [0.717, 1.165) is 42.7 Å². The first-order valence-electron chi connectivity index (χ1n) is 12.1. The van der Waals surface area contributed by atoms with Gasteiger partial charge in [-0.3, -0.25) is 4.79 Å². The zero-order valence-corrected chi connectivity index (χ0v) is 21.2. The number of pyridine rings is 1. The van der Waals surface area contributed by atoms with E-state index in [4.69, 9.17) is 14.2 Å². The molecule has 1 amide bonds. The molecule has 1 aliphatic rings. The van der Waals surface area contributed by atoms with E-state index in [2.05, 4.69) is 30.2 Å². The fraction of sp³-hybridized carbons (Fsp3) is 0.520. The van der Waals surface area contributed by atoms with Gasteiger partial charge in [0.1, 0.15) is 29.5 Å². The van der Waals surface area contributed by atoms with Crippen molar-refractivity contribution in [2.75, 3.05) is 45.4 Å². The zero-order valence-electron chi connectivity index (χ0n) is 21.2. The van der Waals surface area contributed by atoms with Gasteiger partial charge < -0.3 is 34.5 Å². The van der Waals surface area contributed by atoms with Crippen LogP contribution in [0.25, 0.3) is 11.0 Å². The molecule has 3 N–H and O–H groups in total. The standard InChI is InChI=1S/C25H34N6O5/c1-15(13-32)28-24(33)19-11-21(30-25(29-19)36-14-16(2)34-3)31-9-6-17(7-10-31)18-12-27-23-22(18)20(35-4)5-8-26-23/h5,8,11-12,15-17,32H,6-7,9-10,13-14H2,1-4H3,(H,26,27)(H,28,33)/t15-,16+/m0/s1. The van der Waals surface area contributed by atoms with Gasteiger partial charge in [-0.15, -0.1) is 0 Å². The van der Waals surface area contributed by atoms with Crippen molar-refractivity contribution in [2.45, 2.75) is 44.8 Å². The molecule has 1 aliphatic heterocycles. The Hall–Kier alpha value is -3.44. The third kappa shape index (κ3) is 5.68. The molecule has 0 radical (unpaired) electrons. The molecule has 3 aromatic heterocycles. The molecule has 4 rings (SSSR count). The fourth-order valence-corrected chi connectivity index (χ4v) is 4.32. The number of amides is 1. The zero-order chi connectivity index (χ0) is 25.7. The topological polar surface area (TPSA) is 135 Å². The third-order valence-corrected chi connectivity index (χ3v) is 6.47. The lowest BCUT2D eigenvalue weighted by molar-refractivity contribution is 0.0678. The van der Waals surface area contributed by atoms with Gasteiger partial charge in [0.05, 0.1) is 25.2 Å². The molecule has 1 saturated heterocycles. The van der Waals surface area contributed by atoms with Crippen molar-refractivity contribution in [3.05, 3.63) is 35.8 Å². The molecule has 0 spiro atoms. The van der Waals surface area contributed by atoms with Crippen LogP contribution in [0.2, 0.25) is 0 Å². The normalized spacial score (nSPS) is 16.1. The first-order valence-corrected chi connectivity index (χ1v) is 12.1. The summed E-state index contributed by atoms with van der Waals surface area (Å²) in [7, 11) is 3.27. The van der Waals surface area contributed by atoms with Gasteiger partial charge in [-0.1, -0.05) is 0 Å².